The zero-order chi connectivity index (χ0) is 18.7. The van der Waals surface area contributed by atoms with Crippen LogP contribution in [0, 0.1) is 12.7 Å². The van der Waals surface area contributed by atoms with Crippen molar-refractivity contribution in [1.82, 2.24) is 14.8 Å². The Morgan fingerprint density at radius 1 is 1.23 bits per heavy atom. The van der Waals surface area contributed by atoms with E-state index < -0.39 is 0 Å². The van der Waals surface area contributed by atoms with E-state index in [-0.39, 0.29) is 17.5 Å². The van der Waals surface area contributed by atoms with Crippen molar-refractivity contribution in [2.75, 3.05) is 11.1 Å². The fourth-order valence-electron chi connectivity index (χ4n) is 2.35. The molecule has 3 rings (SSSR count). The van der Waals surface area contributed by atoms with Crippen molar-refractivity contribution in [2.45, 2.75) is 12.1 Å². The fourth-order valence-corrected chi connectivity index (χ4v) is 3.33. The minimum absolute atomic E-state index is 0.155. The molecule has 0 saturated carbocycles. The van der Waals surface area contributed by atoms with E-state index in [1.165, 1.54) is 17.8 Å². The largest absolute Gasteiger partial charge is 0.325 e. The van der Waals surface area contributed by atoms with Crippen molar-refractivity contribution < 1.29 is 9.18 Å². The Bertz CT molecular complexity index is 943. The minimum Gasteiger partial charge on any atom is -0.325 e. The number of anilines is 1. The predicted octanol–water partition coefficient (Wildman–Crippen LogP) is 4.42. The van der Waals surface area contributed by atoms with E-state index in [4.69, 9.17) is 0 Å². The first-order chi connectivity index (χ1) is 12.5. The molecule has 1 heterocycles. The highest BCUT2D eigenvalue weighted by Crippen LogP contribution is 2.24. The zero-order valence-corrected chi connectivity index (χ0v) is 16.6. The Labute approximate surface area is 163 Å². The first-order valence-electron chi connectivity index (χ1n) is 7.79. The quantitative estimate of drug-likeness (QED) is 0.603. The molecular weight excluding hydrogens is 419 g/mol. The van der Waals surface area contributed by atoms with Crippen LogP contribution in [0.1, 0.15) is 5.56 Å². The molecule has 0 aliphatic heterocycles. The topological polar surface area (TPSA) is 59.8 Å². The van der Waals surface area contributed by atoms with Gasteiger partial charge in [0.15, 0.2) is 11.0 Å². The Morgan fingerprint density at radius 3 is 2.69 bits per heavy atom. The van der Waals surface area contributed by atoms with Gasteiger partial charge in [-0.15, -0.1) is 10.2 Å². The molecule has 0 unspecified atom stereocenters. The molecule has 5 nitrogen and oxygen atoms in total. The number of thioether (sulfide) groups is 1. The van der Waals surface area contributed by atoms with Crippen molar-refractivity contribution in [3.05, 3.63) is 58.3 Å². The number of hydrogen-bond acceptors (Lipinski definition) is 4. The van der Waals surface area contributed by atoms with Crippen LogP contribution in [0.25, 0.3) is 11.4 Å². The smallest absolute Gasteiger partial charge is 0.234 e. The van der Waals surface area contributed by atoms with E-state index in [2.05, 4.69) is 31.4 Å². The van der Waals surface area contributed by atoms with Crippen LogP contribution >= 0.6 is 27.7 Å². The number of carbonyl (C=O) groups is 1. The normalized spacial score (nSPS) is 10.8. The third-order valence-corrected chi connectivity index (χ3v) is 5.36. The molecule has 134 valence electrons. The molecule has 0 bridgehead atoms. The van der Waals surface area contributed by atoms with Gasteiger partial charge in [-0.2, -0.15) is 0 Å². The van der Waals surface area contributed by atoms with Crippen molar-refractivity contribution in [2.24, 2.45) is 7.05 Å². The number of carbonyl (C=O) groups excluding carboxylic acids is 1. The maximum atomic E-state index is 13.5. The molecule has 0 aliphatic carbocycles. The SMILES string of the molecule is Cc1c(F)cccc1NC(=O)CSc1nnc(-c2ccc(Br)cc2)n1C. The van der Waals surface area contributed by atoms with E-state index in [1.807, 2.05) is 35.9 Å². The van der Waals surface area contributed by atoms with Crippen molar-refractivity contribution >= 4 is 39.3 Å². The molecule has 3 aromatic rings. The number of benzene rings is 2. The van der Waals surface area contributed by atoms with Crippen LogP contribution in [-0.4, -0.2) is 26.4 Å². The summed E-state index contributed by atoms with van der Waals surface area (Å²) >= 11 is 4.68. The molecule has 0 aliphatic rings. The number of halogens is 2. The van der Waals surface area contributed by atoms with Gasteiger partial charge in [0.1, 0.15) is 5.82 Å². The molecule has 0 saturated heterocycles. The van der Waals surface area contributed by atoms with Gasteiger partial charge in [-0.25, -0.2) is 4.39 Å². The maximum Gasteiger partial charge on any atom is 0.234 e. The number of rotatable bonds is 5. The molecule has 0 spiro atoms. The lowest BCUT2D eigenvalue weighted by atomic mass is 10.2. The molecule has 0 fully saturated rings. The Kier molecular flexibility index (Phi) is 5.73. The van der Waals surface area contributed by atoms with Crippen molar-refractivity contribution in [3.8, 4) is 11.4 Å². The number of amides is 1. The van der Waals surface area contributed by atoms with Crippen molar-refractivity contribution in [3.63, 3.8) is 0 Å². The number of aromatic nitrogens is 3. The van der Waals surface area contributed by atoms with Gasteiger partial charge in [-0.05, 0) is 31.2 Å². The average Bonchev–Trinajstić information content (AvgIpc) is 2.99. The summed E-state index contributed by atoms with van der Waals surface area (Å²) in [5.41, 5.74) is 1.83. The Balaban J connectivity index is 1.66. The zero-order valence-electron chi connectivity index (χ0n) is 14.2. The highest BCUT2D eigenvalue weighted by Gasteiger charge is 2.14. The predicted molar refractivity (Wildman–Crippen MR) is 105 cm³/mol. The third kappa shape index (κ3) is 4.13. The molecule has 1 amide bonds. The second-order valence-corrected chi connectivity index (χ2v) is 7.48. The average molecular weight is 435 g/mol. The standard InChI is InChI=1S/C18H16BrFN4OS/c1-11-14(20)4-3-5-15(11)21-16(25)10-26-18-23-22-17(24(18)2)12-6-8-13(19)9-7-12/h3-9H,10H2,1-2H3,(H,21,25). The third-order valence-electron chi connectivity index (χ3n) is 3.81. The van der Waals surface area contributed by atoms with Gasteiger partial charge in [0.2, 0.25) is 5.91 Å². The molecule has 2 aromatic carbocycles. The molecule has 0 atom stereocenters. The number of nitrogens with one attached hydrogen (secondary N) is 1. The Morgan fingerprint density at radius 2 is 1.96 bits per heavy atom. The summed E-state index contributed by atoms with van der Waals surface area (Å²) in [6.07, 6.45) is 0. The van der Waals surface area contributed by atoms with Gasteiger partial charge in [0.25, 0.3) is 0 Å². The number of hydrogen-bond donors (Lipinski definition) is 1. The van der Waals surface area contributed by atoms with Gasteiger partial charge in [-0.1, -0.05) is 45.9 Å². The molecule has 8 heteroatoms. The van der Waals surface area contributed by atoms with Gasteiger partial charge in [0.05, 0.1) is 5.75 Å². The van der Waals surface area contributed by atoms with Crippen LogP contribution in [0.2, 0.25) is 0 Å². The highest BCUT2D eigenvalue weighted by atomic mass is 79.9. The lowest BCUT2D eigenvalue weighted by Crippen LogP contribution is -2.15. The lowest BCUT2D eigenvalue weighted by molar-refractivity contribution is -0.113. The molecule has 26 heavy (non-hydrogen) atoms. The van der Waals surface area contributed by atoms with Gasteiger partial charge < -0.3 is 9.88 Å². The molecule has 1 N–H and O–H groups in total. The fraction of sp³-hybridized carbons (Fsp3) is 0.167. The highest BCUT2D eigenvalue weighted by molar-refractivity contribution is 9.10. The summed E-state index contributed by atoms with van der Waals surface area (Å²) in [7, 11) is 1.86. The summed E-state index contributed by atoms with van der Waals surface area (Å²) in [6, 6.07) is 12.4. The van der Waals surface area contributed by atoms with E-state index in [9.17, 15) is 9.18 Å². The van der Waals surface area contributed by atoms with E-state index in [0.717, 1.165) is 15.9 Å². The second kappa shape index (κ2) is 8.01. The first-order valence-corrected chi connectivity index (χ1v) is 9.56. The molecule has 0 radical (unpaired) electrons. The van der Waals surface area contributed by atoms with Crippen LogP contribution < -0.4 is 5.32 Å². The van der Waals surface area contributed by atoms with Gasteiger partial charge in [0, 0.05) is 28.3 Å². The lowest BCUT2D eigenvalue weighted by Gasteiger charge is -2.08. The van der Waals surface area contributed by atoms with Gasteiger partial charge in [-0.3, -0.25) is 4.79 Å². The van der Waals surface area contributed by atoms with Crippen LogP contribution in [0.15, 0.2) is 52.1 Å². The minimum atomic E-state index is -0.345. The van der Waals surface area contributed by atoms with Crippen LogP contribution in [-0.2, 0) is 11.8 Å². The van der Waals surface area contributed by atoms with Gasteiger partial charge >= 0.3 is 0 Å². The summed E-state index contributed by atoms with van der Waals surface area (Å²) in [6.45, 7) is 1.63. The van der Waals surface area contributed by atoms with Crippen LogP contribution in [0.3, 0.4) is 0 Å². The van der Waals surface area contributed by atoms with Crippen LogP contribution in [0.5, 0.6) is 0 Å². The summed E-state index contributed by atoms with van der Waals surface area (Å²) in [5, 5.41) is 11.7. The van der Waals surface area contributed by atoms with E-state index >= 15 is 0 Å². The number of nitrogens with zero attached hydrogens (tertiary/aromatic N) is 3. The maximum absolute atomic E-state index is 13.5. The monoisotopic (exact) mass is 434 g/mol. The summed E-state index contributed by atoms with van der Waals surface area (Å²) < 4.78 is 16.4. The molecule has 1 aromatic heterocycles. The summed E-state index contributed by atoms with van der Waals surface area (Å²) in [4.78, 5) is 12.2. The second-order valence-electron chi connectivity index (χ2n) is 5.62. The first kappa shape index (κ1) is 18.6. The Hall–Kier alpha value is -2.19. The van der Waals surface area contributed by atoms with Crippen LogP contribution in [0.4, 0.5) is 10.1 Å². The molecular formula is C18H16BrFN4OS. The van der Waals surface area contributed by atoms with E-state index in [0.29, 0.717) is 16.4 Å². The van der Waals surface area contributed by atoms with E-state index in [1.54, 1.807) is 19.1 Å². The summed E-state index contributed by atoms with van der Waals surface area (Å²) in [5.74, 6) is 0.309. The van der Waals surface area contributed by atoms with Crippen molar-refractivity contribution in [1.29, 1.82) is 0 Å².